The van der Waals surface area contributed by atoms with Gasteiger partial charge in [0.25, 0.3) is 5.91 Å². The molecule has 3 amide bonds. The van der Waals surface area contributed by atoms with Crippen LogP contribution in [0.5, 0.6) is 5.75 Å². The summed E-state index contributed by atoms with van der Waals surface area (Å²) in [4.78, 5) is 39.0. The summed E-state index contributed by atoms with van der Waals surface area (Å²) in [5, 5.41) is 17.6. The molecule has 3 aromatic carbocycles. The van der Waals surface area contributed by atoms with Gasteiger partial charge in [-0.1, -0.05) is 47.5 Å². The summed E-state index contributed by atoms with van der Waals surface area (Å²) in [6, 6.07) is 10.1. The molecule has 16 heteroatoms. The van der Waals surface area contributed by atoms with Crippen LogP contribution in [0.2, 0.25) is 10.0 Å². The van der Waals surface area contributed by atoms with E-state index in [-0.39, 0.29) is 42.6 Å². The van der Waals surface area contributed by atoms with Gasteiger partial charge in [0.05, 0.1) is 32.9 Å². The minimum atomic E-state index is -5.02. The standard InChI is InChI=1S/C29H25Cl2F6N3O5/c1-27(25(42)43,16-6-8-17(9-7-16)28(32,33)34)40-24(41)19-10-14-4-2-3-5-15(14)11-22(19)38-26(44)39-23-20(30)12-18(13-21(23)31)45-29(35,36)37/h2-5,10-13,16-17H,6-9H2,1H3,(H,40,41)(H,42,43)(H2,38,39,44)/t16-,17+,27?. The van der Waals surface area contributed by atoms with E-state index in [0.29, 0.717) is 10.8 Å². The lowest BCUT2D eigenvalue weighted by molar-refractivity contribution is -0.274. The third-order valence-electron chi connectivity index (χ3n) is 7.69. The van der Waals surface area contributed by atoms with Crippen molar-refractivity contribution in [2.75, 3.05) is 10.6 Å². The molecule has 0 saturated heterocycles. The molecule has 1 fully saturated rings. The summed E-state index contributed by atoms with van der Waals surface area (Å²) in [5.41, 5.74) is -2.49. The number of hydrogen-bond donors (Lipinski definition) is 4. The molecule has 242 valence electrons. The second-order valence-corrected chi connectivity index (χ2v) is 11.5. The summed E-state index contributed by atoms with van der Waals surface area (Å²) >= 11 is 12.0. The van der Waals surface area contributed by atoms with Crippen molar-refractivity contribution >= 4 is 63.3 Å². The molecule has 1 aliphatic rings. The normalized spacial score (nSPS) is 18.5. The predicted octanol–water partition coefficient (Wildman–Crippen LogP) is 8.63. The number of urea groups is 1. The van der Waals surface area contributed by atoms with Gasteiger partial charge in [-0.3, -0.25) is 4.79 Å². The molecule has 4 rings (SSSR count). The zero-order chi connectivity index (χ0) is 33.3. The van der Waals surface area contributed by atoms with E-state index in [4.69, 9.17) is 23.2 Å². The fraction of sp³-hybridized carbons (Fsp3) is 0.345. The van der Waals surface area contributed by atoms with E-state index in [1.165, 1.54) is 19.1 Å². The molecule has 1 aliphatic carbocycles. The lowest BCUT2D eigenvalue weighted by Gasteiger charge is -2.39. The van der Waals surface area contributed by atoms with Crippen LogP contribution in [-0.4, -0.2) is 41.1 Å². The van der Waals surface area contributed by atoms with Crippen LogP contribution in [0, 0.1) is 11.8 Å². The van der Waals surface area contributed by atoms with Gasteiger partial charge < -0.3 is 25.8 Å². The number of carboxylic acids is 1. The zero-order valence-corrected chi connectivity index (χ0v) is 24.7. The quantitative estimate of drug-likeness (QED) is 0.187. The molecular formula is C29H25Cl2F6N3O5. The van der Waals surface area contributed by atoms with Gasteiger partial charge >= 0.3 is 24.5 Å². The number of anilines is 2. The number of hydrogen-bond acceptors (Lipinski definition) is 4. The summed E-state index contributed by atoms with van der Waals surface area (Å²) in [6.07, 6.45) is -10.2. The Morgan fingerprint density at radius 2 is 1.38 bits per heavy atom. The average Bonchev–Trinajstić information content (AvgIpc) is 2.93. The highest BCUT2D eigenvalue weighted by atomic mass is 35.5. The number of carbonyl (C=O) groups excluding carboxylic acids is 2. The van der Waals surface area contributed by atoms with E-state index in [0.717, 1.165) is 12.1 Å². The number of rotatable bonds is 7. The first kappa shape index (κ1) is 34.0. The molecule has 1 saturated carbocycles. The highest BCUT2D eigenvalue weighted by Gasteiger charge is 2.48. The maximum Gasteiger partial charge on any atom is 0.573 e. The molecule has 0 aromatic heterocycles. The molecule has 0 heterocycles. The van der Waals surface area contributed by atoms with Crippen LogP contribution in [0.1, 0.15) is 43.0 Å². The van der Waals surface area contributed by atoms with Crippen LogP contribution in [-0.2, 0) is 4.79 Å². The number of alkyl halides is 6. The molecule has 1 unspecified atom stereocenters. The number of benzene rings is 3. The molecule has 8 nitrogen and oxygen atoms in total. The SMILES string of the molecule is CC(NC(=O)c1cc2ccccc2cc1NC(=O)Nc1c(Cl)cc(OC(F)(F)F)cc1Cl)(C(=O)O)[C@H]1CC[C@@H](C(F)(F)F)CC1. The van der Waals surface area contributed by atoms with Gasteiger partial charge in [0.15, 0.2) is 0 Å². The minimum absolute atomic E-state index is 0.0905. The summed E-state index contributed by atoms with van der Waals surface area (Å²) in [5.74, 6) is -5.48. The number of aliphatic carboxylic acids is 1. The van der Waals surface area contributed by atoms with E-state index in [2.05, 4.69) is 20.7 Å². The maximum atomic E-state index is 13.6. The molecule has 3 aromatic rings. The van der Waals surface area contributed by atoms with Gasteiger partial charge in [0, 0.05) is 12.1 Å². The Morgan fingerprint density at radius 3 is 1.89 bits per heavy atom. The monoisotopic (exact) mass is 679 g/mol. The summed E-state index contributed by atoms with van der Waals surface area (Å²) in [7, 11) is 0. The Labute approximate surface area is 262 Å². The van der Waals surface area contributed by atoms with Crippen molar-refractivity contribution < 1.29 is 50.6 Å². The van der Waals surface area contributed by atoms with Crippen molar-refractivity contribution in [2.45, 2.75) is 50.7 Å². The number of carboxylic acid groups (broad SMARTS) is 1. The Balaban J connectivity index is 1.60. The number of nitrogens with one attached hydrogen (secondary N) is 3. The second-order valence-electron chi connectivity index (χ2n) is 10.7. The number of ether oxygens (including phenoxy) is 1. The molecule has 45 heavy (non-hydrogen) atoms. The van der Waals surface area contributed by atoms with Crippen LogP contribution in [0.25, 0.3) is 10.8 Å². The van der Waals surface area contributed by atoms with Crippen molar-refractivity contribution in [3.8, 4) is 5.75 Å². The number of halogens is 8. The fourth-order valence-electron chi connectivity index (χ4n) is 5.29. The first-order valence-electron chi connectivity index (χ1n) is 13.4. The highest BCUT2D eigenvalue weighted by Crippen LogP contribution is 2.43. The van der Waals surface area contributed by atoms with Crippen molar-refractivity contribution in [2.24, 2.45) is 11.8 Å². The van der Waals surface area contributed by atoms with Crippen LogP contribution in [0.4, 0.5) is 42.5 Å². The van der Waals surface area contributed by atoms with E-state index < -0.39 is 63.6 Å². The Hall–Kier alpha value is -3.91. The topological polar surface area (TPSA) is 117 Å². The van der Waals surface area contributed by atoms with Gasteiger partial charge in [0.1, 0.15) is 11.3 Å². The highest BCUT2D eigenvalue weighted by molar-refractivity contribution is 6.40. The fourth-order valence-corrected chi connectivity index (χ4v) is 5.85. The number of fused-ring (bicyclic) bond motifs is 1. The van der Waals surface area contributed by atoms with Gasteiger partial charge in [-0.05, 0) is 61.4 Å². The van der Waals surface area contributed by atoms with Gasteiger partial charge in [-0.25, -0.2) is 9.59 Å². The van der Waals surface area contributed by atoms with Gasteiger partial charge in [-0.2, -0.15) is 13.2 Å². The third-order valence-corrected chi connectivity index (χ3v) is 8.29. The van der Waals surface area contributed by atoms with Crippen LogP contribution >= 0.6 is 23.2 Å². The van der Waals surface area contributed by atoms with E-state index in [1.807, 2.05) is 0 Å². The van der Waals surface area contributed by atoms with Crippen molar-refractivity contribution in [3.05, 3.63) is 64.1 Å². The van der Waals surface area contributed by atoms with Crippen molar-refractivity contribution in [3.63, 3.8) is 0 Å². The maximum absolute atomic E-state index is 13.6. The lowest BCUT2D eigenvalue weighted by Crippen LogP contribution is -2.58. The molecule has 4 N–H and O–H groups in total. The first-order valence-corrected chi connectivity index (χ1v) is 14.1. The van der Waals surface area contributed by atoms with E-state index in [9.17, 15) is 45.8 Å². The molecule has 0 aliphatic heterocycles. The zero-order valence-electron chi connectivity index (χ0n) is 23.2. The molecule has 0 spiro atoms. The molecule has 0 radical (unpaired) electrons. The minimum Gasteiger partial charge on any atom is -0.480 e. The van der Waals surface area contributed by atoms with E-state index in [1.54, 1.807) is 24.3 Å². The van der Waals surface area contributed by atoms with E-state index >= 15 is 0 Å². The Kier molecular flexibility index (Phi) is 9.69. The molecular weight excluding hydrogens is 655 g/mol. The first-order chi connectivity index (χ1) is 20.9. The molecule has 0 bridgehead atoms. The van der Waals surface area contributed by atoms with Crippen molar-refractivity contribution in [1.29, 1.82) is 0 Å². The van der Waals surface area contributed by atoms with Gasteiger partial charge in [-0.15, -0.1) is 13.2 Å². The molecule has 1 atom stereocenters. The Bertz CT molecular complexity index is 1600. The summed E-state index contributed by atoms with van der Waals surface area (Å²) in [6.45, 7) is 1.23. The number of amides is 3. The predicted molar refractivity (Wildman–Crippen MR) is 155 cm³/mol. The van der Waals surface area contributed by atoms with Crippen molar-refractivity contribution in [1.82, 2.24) is 5.32 Å². The Morgan fingerprint density at radius 1 is 0.844 bits per heavy atom. The largest absolute Gasteiger partial charge is 0.573 e. The third kappa shape index (κ3) is 8.03. The lowest BCUT2D eigenvalue weighted by atomic mass is 9.72. The van der Waals surface area contributed by atoms with Crippen LogP contribution < -0.4 is 20.7 Å². The van der Waals surface area contributed by atoms with Crippen LogP contribution in [0.15, 0.2) is 48.5 Å². The summed E-state index contributed by atoms with van der Waals surface area (Å²) < 4.78 is 81.2. The smallest absolute Gasteiger partial charge is 0.480 e. The van der Waals surface area contributed by atoms with Gasteiger partial charge in [0.2, 0.25) is 0 Å². The van der Waals surface area contributed by atoms with Crippen LogP contribution in [0.3, 0.4) is 0 Å². The number of carbonyl (C=O) groups is 3. The second kappa shape index (κ2) is 12.8. The average molecular weight is 680 g/mol.